The molecule has 0 aliphatic carbocycles. The number of aliphatic imine (C=N–C) groups is 1. The van der Waals surface area contributed by atoms with Gasteiger partial charge in [-0.25, -0.2) is 18.4 Å². The number of pyridine rings is 1. The molecule has 2 atom stereocenters. The minimum atomic E-state index is -3.67. The topological polar surface area (TPSA) is 136 Å². The molecule has 0 saturated carbocycles. The second-order valence-electron chi connectivity index (χ2n) is 7.22. The third-order valence-electron chi connectivity index (χ3n) is 5.06. The Labute approximate surface area is 175 Å². The van der Waals surface area contributed by atoms with Crippen molar-refractivity contribution in [2.75, 3.05) is 13.1 Å². The van der Waals surface area contributed by atoms with Crippen molar-refractivity contribution in [3.05, 3.63) is 66.5 Å². The van der Waals surface area contributed by atoms with E-state index in [1.807, 2.05) is 6.07 Å². The van der Waals surface area contributed by atoms with E-state index >= 15 is 0 Å². The van der Waals surface area contributed by atoms with Crippen molar-refractivity contribution in [1.82, 2.24) is 14.6 Å². The van der Waals surface area contributed by atoms with Crippen LogP contribution in [0.25, 0.3) is 0 Å². The smallest absolute Gasteiger partial charge is 0.243 e. The molecule has 0 amide bonds. The van der Waals surface area contributed by atoms with E-state index in [0.29, 0.717) is 30.2 Å². The summed E-state index contributed by atoms with van der Waals surface area (Å²) in [5.41, 5.74) is 12.6. The monoisotopic (exact) mass is 428 g/mol. The van der Waals surface area contributed by atoms with Gasteiger partial charge < -0.3 is 15.8 Å². The average molecular weight is 429 g/mol. The Bertz CT molecular complexity index is 1060. The summed E-state index contributed by atoms with van der Waals surface area (Å²) in [6.45, 7) is 0.717. The first-order valence-electron chi connectivity index (χ1n) is 9.64. The van der Waals surface area contributed by atoms with Crippen molar-refractivity contribution in [2.45, 2.75) is 29.6 Å². The van der Waals surface area contributed by atoms with Crippen LogP contribution < -0.4 is 21.5 Å². The third kappa shape index (κ3) is 4.16. The predicted octanol–water partition coefficient (Wildman–Crippen LogP) is 0.857. The fourth-order valence-electron chi connectivity index (χ4n) is 3.51. The lowest BCUT2D eigenvalue weighted by atomic mass is 10.1. The molecule has 10 heteroatoms. The zero-order chi connectivity index (χ0) is 21.2. The molecule has 2 aliphatic rings. The van der Waals surface area contributed by atoms with Crippen LogP contribution in [0.5, 0.6) is 5.88 Å². The third-order valence-corrected chi connectivity index (χ3v) is 6.94. The summed E-state index contributed by atoms with van der Waals surface area (Å²) in [5.74, 6) is -0.443. The van der Waals surface area contributed by atoms with E-state index in [9.17, 15) is 8.42 Å². The first-order chi connectivity index (χ1) is 14.4. The summed E-state index contributed by atoms with van der Waals surface area (Å²) in [7, 11) is -3.67. The Morgan fingerprint density at radius 2 is 2.00 bits per heavy atom. The van der Waals surface area contributed by atoms with E-state index < -0.39 is 15.8 Å². The number of benzene rings is 1. The zero-order valence-corrected chi connectivity index (χ0v) is 17.1. The van der Waals surface area contributed by atoms with Gasteiger partial charge in [0.1, 0.15) is 11.9 Å². The Kier molecular flexibility index (Phi) is 5.46. The fraction of sp³-hybridized carbons (Fsp3) is 0.300. The molecule has 1 aromatic carbocycles. The largest absolute Gasteiger partial charge is 0.473 e. The molecule has 4 rings (SSSR count). The summed E-state index contributed by atoms with van der Waals surface area (Å²) in [6.07, 6.45) is 6.10. The van der Waals surface area contributed by atoms with Gasteiger partial charge in [0.2, 0.25) is 21.7 Å². The van der Waals surface area contributed by atoms with Crippen LogP contribution in [0.2, 0.25) is 0 Å². The lowest BCUT2D eigenvalue weighted by Crippen LogP contribution is -2.49. The molecule has 1 aromatic heterocycles. The van der Waals surface area contributed by atoms with Gasteiger partial charge in [0.25, 0.3) is 0 Å². The van der Waals surface area contributed by atoms with E-state index in [-0.39, 0.29) is 17.5 Å². The van der Waals surface area contributed by atoms with Gasteiger partial charge in [-0.3, -0.25) is 5.73 Å². The van der Waals surface area contributed by atoms with Crippen LogP contribution in [0.1, 0.15) is 18.4 Å². The quantitative estimate of drug-likeness (QED) is 0.642. The summed E-state index contributed by atoms with van der Waals surface area (Å²) in [6, 6.07) is 11.8. The van der Waals surface area contributed by atoms with Crippen LogP contribution in [0, 0.1) is 0 Å². The fourth-order valence-corrected chi connectivity index (χ4v) is 5.02. The van der Waals surface area contributed by atoms with Crippen molar-refractivity contribution in [1.29, 1.82) is 0 Å². The lowest BCUT2D eigenvalue weighted by molar-refractivity contribution is 0.124. The van der Waals surface area contributed by atoms with Gasteiger partial charge in [-0.15, -0.1) is 0 Å². The molecule has 0 spiro atoms. The van der Waals surface area contributed by atoms with Gasteiger partial charge in [-0.1, -0.05) is 18.2 Å². The molecule has 3 heterocycles. The number of piperidine rings is 1. The summed E-state index contributed by atoms with van der Waals surface area (Å²) in [4.78, 5) is 8.55. The highest BCUT2D eigenvalue weighted by Gasteiger charge is 2.32. The van der Waals surface area contributed by atoms with Crippen molar-refractivity contribution in [2.24, 2.45) is 16.5 Å². The number of nitrogens with zero attached hydrogens (tertiary/aromatic N) is 3. The maximum absolute atomic E-state index is 13.2. The Morgan fingerprint density at radius 3 is 2.70 bits per heavy atom. The number of rotatable bonds is 5. The minimum absolute atomic E-state index is 0.191. The molecule has 1 saturated heterocycles. The van der Waals surface area contributed by atoms with Crippen LogP contribution in [0.15, 0.2) is 70.8 Å². The molecule has 2 aromatic rings. The number of hydrogen-bond donors (Lipinski definition) is 3. The standard InChI is InChI=1S/C20H24N6O3S/c21-18-10-12-24-20(22,25-18)15-6-8-17(9-7-15)30(27,28)26-13-3-4-16(14-26)29-19-5-1-2-11-23-19/h1-2,5-12,16,24H,3-4,13-14,22H2,(H2,21,25). The van der Waals surface area contributed by atoms with Crippen molar-refractivity contribution in [3.63, 3.8) is 0 Å². The minimum Gasteiger partial charge on any atom is -0.473 e. The molecular weight excluding hydrogens is 404 g/mol. The number of ether oxygens (including phenoxy) is 1. The highest BCUT2D eigenvalue weighted by Crippen LogP contribution is 2.25. The molecule has 158 valence electrons. The van der Waals surface area contributed by atoms with Gasteiger partial charge in [-0.05, 0) is 37.1 Å². The highest BCUT2D eigenvalue weighted by atomic mass is 32.2. The lowest BCUT2D eigenvalue weighted by Gasteiger charge is -2.32. The van der Waals surface area contributed by atoms with Gasteiger partial charge in [0.15, 0.2) is 0 Å². The summed E-state index contributed by atoms with van der Waals surface area (Å²) in [5, 5.41) is 2.94. The Balaban J connectivity index is 1.49. The number of amidine groups is 1. The highest BCUT2D eigenvalue weighted by molar-refractivity contribution is 7.89. The normalized spacial score (nSPS) is 24.7. The van der Waals surface area contributed by atoms with Gasteiger partial charge in [-0.2, -0.15) is 4.31 Å². The van der Waals surface area contributed by atoms with E-state index in [0.717, 1.165) is 6.42 Å². The first kappa shape index (κ1) is 20.3. The molecule has 9 nitrogen and oxygen atoms in total. The Hall–Kier alpha value is -2.95. The Morgan fingerprint density at radius 1 is 1.20 bits per heavy atom. The molecule has 5 N–H and O–H groups in total. The van der Waals surface area contributed by atoms with Crippen LogP contribution in [-0.2, 0) is 15.8 Å². The molecule has 0 radical (unpaired) electrons. The molecule has 1 fully saturated rings. The number of hydrogen-bond acceptors (Lipinski definition) is 8. The molecule has 2 unspecified atom stereocenters. The molecule has 2 aliphatic heterocycles. The van der Waals surface area contributed by atoms with Gasteiger partial charge in [0.05, 0.1) is 11.4 Å². The van der Waals surface area contributed by atoms with Crippen LogP contribution >= 0.6 is 0 Å². The SMILES string of the molecule is NC1=NC(N)(c2ccc(S(=O)(=O)N3CCCC(Oc4ccccn4)C3)cc2)NC=C1. The maximum atomic E-state index is 13.2. The number of aromatic nitrogens is 1. The van der Waals surface area contributed by atoms with Crippen LogP contribution in [0.4, 0.5) is 0 Å². The average Bonchev–Trinajstić information content (AvgIpc) is 2.75. The van der Waals surface area contributed by atoms with Crippen molar-refractivity contribution in [3.8, 4) is 5.88 Å². The van der Waals surface area contributed by atoms with Crippen molar-refractivity contribution >= 4 is 15.9 Å². The van der Waals surface area contributed by atoms with Crippen LogP contribution in [0.3, 0.4) is 0 Å². The van der Waals surface area contributed by atoms with Crippen molar-refractivity contribution < 1.29 is 13.2 Å². The van der Waals surface area contributed by atoms with E-state index in [1.54, 1.807) is 42.7 Å². The van der Waals surface area contributed by atoms with Gasteiger partial charge in [0, 0.05) is 30.6 Å². The number of sulfonamides is 1. The van der Waals surface area contributed by atoms with E-state index in [2.05, 4.69) is 15.3 Å². The molecular formula is C20H24N6O3S. The molecule has 0 bridgehead atoms. The second kappa shape index (κ2) is 8.05. The zero-order valence-electron chi connectivity index (χ0n) is 16.3. The van der Waals surface area contributed by atoms with Crippen LogP contribution in [-0.4, -0.2) is 42.7 Å². The second-order valence-corrected chi connectivity index (χ2v) is 9.16. The predicted molar refractivity (Wildman–Crippen MR) is 113 cm³/mol. The number of nitrogens with two attached hydrogens (primary N) is 2. The van der Waals surface area contributed by atoms with E-state index in [4.69, 9.17) is 16.2 Å². The summed E-state index contributed by atoms with van der Waals surface area (Å²) < 4.78 is 33.6. The first-order valence-corrected chi connectivity index (χ1v) is 11.1. The van der Waals surface area contributed by atoms with E-state index in [1.165, 1.54) is 16.4 Å². The maximum Gasteiger partial charge on any atom is 0.243 e. The van der Waals surface area contributed by atoms with Gasteiger partial charge >= 0.3 is 0 Å². The number of nitrogens with one attached hydrogen (secondary N) is 1. The summed E-state index contributed by atoms with van der Waals surface area (Å²) >= 11 is 0. The molecule has 30 heavy (non-hydrogen) atoms.